The molecule has 2 fully saturated rings. The second-order valence-corrected chi connectivity index (χ2v) is 9.40. The topological polar surface area (TPSA) is 67.2 Å². The molecule has 0 bridgehead atoms. The van der Waals surface area contributed by atoms with Crippen molar-refractivity contribution in [2.45, 2.75) is 71.5 Å². The summed E-state index contributed by atoms with van der Waals surface area (Å²) in [6, 6.07) is 11.3. The predicted molar refractivity (Wildman–Crippen MR) is 121 cm³/mol. The molecular weight excluding hydrogens is 388 g/mol. The SMILES string of the molecule is Cc1cc(C)n(CC(C)CNC(=O)C2CC3CCCCC3N2C(=O)c2ccccc2)n1. The van der Waals surface area contributed by atoms with Gasteiger partial charge in [-0.05, 0) is 63.1 Å². The van der Waals surface area contributed by atoms with E-state index in [2.05, 4.69) is 30.3 Å². The third-order valence-electron chi connectivity index (χ3n) is 6.86. The van der Waals surface area contributed by atoms with Gasteiger partial charge in [0.25, 0.3) is 5.91 Å². The predicted octanol–water partition coefficient (Wildman–Crippen LogP) is 3.73. The maximum atomic E-state index is 13.4. The monoisotopic (exact) mass is 422 g/mol. The first-order chi connectivity index (χ1) is 14.9. The van der Waals surface area contributed by atoms with Gasteiger partial charge in [0.15, 0.2) is 0 Å². The minimum Gasteiger partial charge on any atom is -0.354 e. The van der Waals surface area contributed by atoms with Crippen LogP contribution in [-0.2, 0) is 11.3 Å². The largest absolute Gasteiger partial charge is 0.354 e. The van der Waals surface area contributed by atoms with E-state index < -0.39 is 0 Å². The molecule has 2 aliphatic rings. The van der Waals surface area contributed by atoms with Crippen molar-refractivity contribution in [1.29, 1.82) is 0 Å². The third kappa shape index (κ3) is 4.68. The summed E-state index contributed by atoms with van der Waals surface area (Å²) in [7, 11) is 0. The Bertz CT molecular complexity index is 923. The van der Waals surface area contributed by atoms with Crippen molar-refractivity contribution in [3.05, 3.63) is 53.3 Å². The summed E-state index contributed by atoms with van der Waals surface area (Å²) < 4.78 is 2.00. The van der Waals surface area contributed by atoms with Gasteiger partial charge < -0.3 is 10.2 Å². The van der Waals surface area contributed by atoms with Crippen molar-refractivity contribution < 1.29 is 9.59 Å². The Morgan fingerprint density at radius 2 is 1.90 bits per heavy atom. The lowest BCUT2D eigenvalue weighted by Gasteiger charge is -2.33. The Balaban J connectivity index is 1.43. The molecule has 0 spiro atoms. The van der Waals surface area contributed by atoms with Crippen molar-refractivity contribution in [3.63, 3.8) is 0 Å². The molecule has 4 rings (SSSR count). The maximum Gasteiger partial charge on any atom is 0.254 e. The molecule has 2 aromatic rings. The number of aryl methyl sites for hydroxylation is 2. The summed E-state index contributed by atoms with van der Waals surface area (Å²) in [4.78, 5) is 28.5. The van der Waals surface area contributed by atoms with Crippen LogP contribution in [0.1, 0.15) is 60.8 Å². The van der Waals surface area contributed by atoms with Gasteiger partial charge in [0, 0.05) is 30.4 Å². The lowest BCUT2D eigenvalue weighted by molar-refractivity contribution is -0.125. The summed E-state index contributed by atoms with van der Waals surface area (Å²) in [5.41, 5.74) is 2.82. The minimum atomic E-state index is -0.373. The van der Waals surface area contributed by atoms with Crippen LogP contribution in [0, 0.1) is 25.7 Å². The second-order valence-electron chi connectivity index (χ2n) is 9.40. The molecule has 2 heterocycles. The summed E-state index contributed by atoms with van der Waals surface area (Å²) >= 11 is 0. The molecule has 1 saturated carbocycles. The van der Waals surface area contributed by atoms with Gasteiger partial charge >= 0.3 is 0 Å². The summed E-state index contributed by atoms with van der Waals surface area (Å²) in [5, 5.41) is 7.67. The number of carbonyl (C=O) groups is 2. The van der Waals surface area contributed by atoms with Crippen molar-refractivity contribution in [2.24, 2.45) is 11.8 Å². The summed E-state index contributed by atoms with van der Waals surface area (Å²) in [6.45, 7) is 7.52. The average Bonchev–Trinajstić information content (AvgIpc) is 3.31. The first kappa shape index (κ1) is 21.6. The summed E-state index contributed by atoms with van der Waals surface area (Å²) in [5.74, 6) is 0.665. The number of nitrogens with one attached hydrogen (secondary N) is 1. The second kappa shape index (κ2) is 9.25. The fourth-order valence-electron chi connectivity index (χ4n) is 5.33. The van der Waals surface area contributed by atoms with Crippen LogP contribution in [0.15, 0.2) is 36.4 Å². The Labute approximate surface area is 185 Å². The molecule has 4 unspecified atom stereocenters. The highest BCUT2D eigenvalue weighted by Crippen LogP contribution is 2.40. The van der Waals surface area contributed by atoms with Crippen LogP contribution < -0.4 is 5.32 Å². The average molecular weight is 423 g/mol. The van der Waals surface area contributed by atoms with Gasteiger partial charge in [0.1, 0.15) is 6.04 Å². The Kier molecular flexibility index (Phi) is 6.44. The van der Waals surface area contributed by atoms with Gasteiger partial charge in [0.2, 0.25) is 5.91 Å². The number of carbonyl (C=O) groups excluding carboxylic acids is 2. The van der Waals surface area contributed by atoms with Crippen LogP contribution in [0.3, 0.4) is 0 Å². The van der Waals surface area contributed by atoms with E-state index >= 15 is 0 Å². The quantitative estimate of drug-likeness (QED) is 0.771. The fraction of sp³-hybridized carbons (Fsp3) is 0.560. The van der Waals surface area contributed by atoms with Gasteiger partial charge in [-0.2, -0.15) is 5.10 Å². The maximum absolute atomic E-state index is 13.4. The number of amides is 2. The fourth-order valence-corrected chi connectivity index (χ4v) is 5.33. The van der Waals surface area contributed by atoms with E-state index in [1.54, 1.807) is 0 Å². The van der Waals surface area contributed by atoms with E-state index in [1.165, 1.54) is 6.42 Å². The molecule has 1 N–H and O–H groups in total. The van der Waals surface area contributed by atoms with Gasteiger partial charge in [-0.1, -0.05) is 38.0 Å². The highest BCUT2D eigenvalue weighted by molar-refractivity contribution is 5.98. The van der Waals surface area contributed by atoms with Crippen molar-refractivity contribution in [3.8, 4) is 0 Å². The molecule has 1 aromatic carbocycles. The standard InChI is InChI=1S/C25H34N4O2/c1-17(16-28-19(3)13-18(2)27-28)15-26-24(30)23-14-21-11-7-8-12-22(21)29(23)25(31)20-9-5-4-6-10-20/h4-6,9-10,13,17,21-23H,7-8,11-12,14-16H2,1-3H3,(H,26,30). The van der Waals surface area contributed by atoms with Crippen LogP contribution in [0.2, 0.25) is 0 Å². The Morgan fingerprint density at radius 1 is 1.16 bits per heavy atom. The van der Waals surface area contributed by atoms with Gasteiger partial charge in [-0.25, -0.2) is 0 Å². The molecular formula is C25H34N4O2. The Hall–Kier alpha value is -2.63. The van der Waals surface area contributed by atoms with Crippen molar-refractivity contribution in [1.82, 2.24) is 20.0 Å². The molecule has 31 heavy (non-hydrogen) atoms. The lowest BCUT2D eigenvalue weighted by Crippen LogP contribution is -2.50. The molecule has 6 nitrogen and oxygen atoms in total. The zero-order chi connectivity index (χ0) is 22.0. The molecule has 0 radical (unpaired) electrons. The molecule has 1 aliphatic carbocycles. The molecule has 1 saturated heterocycles. The minimum absolute atomic E-state index is 0.00848. The molecule has 6 heteroatoms. The number of hydrogen-bond donors (Lipinski definition) is 1. The Morgan fingerprint density at radius 3 is 2.61 bits per heavy atom. The molecule has 166 valence electrons. The highest BCUT2D eigenvalue weighted by Gasteiger charge is 2.47. The van der Waals surface area contributed by atoms with E-state index in [0.29, 0.717) is 18.0 Å². The number of benzene rings is 1. The van der Waals surface area contributed by atoms with Crippen molar-refractivity contribution in [2.75, 3.05) is 6.54 Å². The highest BCUT2D eigenvalue weighted by atomic mass is 16.2. The van der Waals surface area contributed by atoms with E-state index in [0.717, 1.165) is 43.6 Å². The molecule has 1 aromatic heterocycles. The number of likely N-dealkylation sites (tertiary alicyclic amines) is 1. The van der Waals surface area contributed by atoms with E-state index in [9.17, 15) is 9.59 Å². The first-order valence-electron chi connectivity index (χ1n) is 11.6. The number of fused-ring (bicyclic) bond motifs is 1. The number of nitrogens with zero attached hydrogens (tertiary/aromatic N) is 3. The zero-order valence-electron chi connectivity index (χ0n) is 18.9. The van der Waals surface area contributed by atoms with Crippen LogP contribution in [-0.4, -0.2) is 45.1 Å². The molecule has 1 aliphatic heterocycles. The lowest BCUT2D eigenvalue weighted by atomic mass is 9.84. The molecule has 4 atom stereocenters. The van der Waals surface area contributed by atoms with E-state index in [1.807, 2.05) is 46.8 Å². The van der Waals surface area contributed by atoms with Gasteiger partial charge in [-0.15, -0.1) is 0 Å². The van der Waals surface area contributed by atoms with Crippen LogP contribution in [0.5, 0.6) is 0 Å². The van der Waals surface area contributed by atoms with E-state index in [-0.39, 0.29) is 29.8 Å². The smallest absolute Gasteiger partial charge is 0.254 e. The van der Waals surface area contributed by atoms with Gasteiger partial charge in [-0.3, -0.25) is 14.3 Å². The van der Waals surface area contributed by atoms with E-state index in [4.69, 9.17) is 0 Å². The zero-order valence-corrected chi connectivity index (χ0v) is 18.9. The molecule has 2 amide bonds. The number of aromatic nitrogens is 2. The van der Waals surface area contributed by atoms with Crippen LogP contribution in [0.4, 0.5) is 0 Å². The van der Waals surface area contributed by atoms with Crippen molar-refractivity contribution >= 4 is 11.8 Å². The van der Waals surface area contributed by atoms with Crippen LogP contribution in [0.25, 0.3) is 0 Å². The van der Waals surface area contributed by atoms with Crippen LogP contribution >= 0.6 is 0 Å². The normalized spacial score (nSPS) is 24.0. The summed E-state index contributed by atoms with van der Waals surface area (Å²) in [6.07, 6.45) is 5.22. The van der Waals surface area contributed by atoms with Gasteiger partial charge in [0.05, 0.1) is 5.69 Å². The number of rotatable bonds is 6. The number of hydrogen-bond acceptors (Lipinski definition) is 3. The third-order valence-corrected chi connectivity index (χ3v) is 6.86. The first-order valence-corrected chi connectivity index (χ1v) is 11.6.